The average molecular weight is 195 g/mol. The van der Waals surface area contributed by atoms with Gasteiger partial charge in [0.1, 0.15) is 5.60 Å². The lowest BCUT2D eigenvalue weighted by Crippen LogP contribution is -2.57. The highest BCUT2D eigenvalue weighted by atomic mass is 16.6. The van der Waals surface area contributed by atoms with E-state index in [0.717, 1.165) is 0 Å². The highest BCUT2D eigenvalue weighted by Crippen LogP contribution is 2.29. The first kappa shape index (κ1) is 10.9. The smallest absolute Gasteiger partial charge is 0.410 e. The van der Waals surface area contributed by atoms with Crippen LogP contribution in [0.15, 0.2) is 0 Å². The Labute approximate surface area is 85.4 Å². The van der Waals surface area contributed by atoms with Crippen LogP contribution in [-0.2, 0) is 4.74 Å². The number of ether oxygens (including phenoxy) is 1. The summed E-state index contributed by atoms with van der Waals surface area (Å²) in [5.41, 5.74) is -0.587. The first-order chi connectivity index (χ1) is 6.26. The van der Waals surface area contributed by atoms with Crippen molar-refractivity contribution in [2.75, 3.05) is 13.1 Å². The third-order valence-electron chi connectivity index (χ3n) is 2.08. The summed E-state index contributed by atoms with van der Waals surface area (Å²) in [5.74, 6) is 2.68. The molecule has 0 aliphatic carbocycles. The molecule has 3 heteroatoms. The number of likely N-dealkylation sites (tertiary alicyclic amines) is 1. The largest absolute Gasteiger partial charge is 0.444 e. The lowest BCUT2D eigenvalue weighted by atomic mass is 9.83. The topological polar surface area (TPSA) is 29.5 Å². The predicted molar refractivity (Wildman–Crippen MR) is 54.7 cm³/mol. The van der Waals surface area contributed by atoms with Gasteiger partial charge in [0.15, 0.2) is 0 Å². The minimum atomic E-state index is -0.431. The molecule has 0 atom stereocenters. The lowest BCUT2D eigenvalue weighted by Gasteiger charge is -2.44. The SMILES string of the molecule is C#CC1(C)CN(C(=O)OC(C)(C)C)C1. The molecule has 0 aromatic carbocycles. The minimum absolute atomic E-state index is 0.156. The standard InChI is InChI=1S/C11H17NO2/c1-6-11(5)7-12(8-11)9(13)14-10(2,3)4/h1H,7-8H2,2-5H3. The van der Waals surface area contributed by atoms with Crippen molar-refractivity contribution in [2.45, 2.75) is 33.3 Å². The van der Waals surface area contributed by atoms with Gasteiger partial charge in [0.2, 0.25) is 0 Å². The number of terminal acetylenes is 1. The molecular weight excluding hydrogens is 178 g/mol. The summed E-state index contributed by atoms with van der Waals surface area (Å²) in [5, 5.41) is 0. The van der Waals surface area contributed by atoms with Crippen LogP contribution in [-0.4, -0.2) is 29.7 Å². The fourth-order valence-corrected chi connectivity index (χ4v) is 1.34. The van der Waals surface area contributed by atoms with Crippen molar-refractivity contribution in [3.05, 3.63) is 0 Å². The van der Waals surface area contributed by atoms with Gasteiger partial charge in [-0.15, -0.1) is 6.42 Å². The van der Waals surface area contributed by atoms with Gasteiger partial charge in [0, 0.05) is 13.1 Å². The molecule has 1 saturated heterocycles. The van der Waals surface area contributed by atoms with E-state index in [1.54, 1.807) is 4.90 Å². The van der Waals surface area contributed by atoms with E-state index < -0.39 is 5.60 Å². The van der Waals surface area contributed by atoms with Crippen molar-refractivity contribution in [1.29, 1.82) is 0 Å². The second-order valence-electron chi connectivity index (χ2n) is 5.04. The van der Waals surface area contributed by atoms with Gasteiger partial charge in [0.05, 0.1) is 5.41 Å². The molecule has 1 rings (SSSR count). The van der Waals surface area contributed by atoms with E-state index in [1.807, 2.05) is 27.7 Å². The highest BCUT2D eigenvalue weighted by Gasteiger charge is 2.41. The minimum Gasteiger partial charge on any atom is -0.444 e. The number of hydrogen-bond acceptors (Lipinski definition) is 2. The molecule has 0 aromatic rings. The van der Waals surface area contributed by atoms with Crippen molar-refractivity contribution in [2.24, 2.45) is 5.41 Å². The Morgan fingerprint density at radius 1 is 1.50 bits per heavy atom. The Hall–Kier alpha value is -1.17. The van der Waals surface area contributed by atoms with Crippen LogP contribution in [0, 0.1) is 17.8 Å². The zero-order chi connectivity index (χ0) is 11.0. The Morgan fingerprint density at radius 3 is 2.36 bits per heavy atom. The normalized spacial score (nSPS) is 19.5. The fraction of sp³-hybridized carbons (Fsp3) is 0.727. The van der Waals surface area contributed by atoms with Gasteiger partial charge in [-0.25, -0.2) is 4.79 Å². The third-order valence-corrected chi connectivity index (χ3v) is 2.08. The molecule has 0 saturated carbocycles. The summed E-state index contributed by atoms with van der Waals surface area (Å²) in [4.78, 5) is 13.1. The second-order valence-corrected chi connectivity index (χ2v) is 5.04. The van der Waals surface area contributed by atoms with Crippen molar-refractivity contribution in [3.63, 3.8) is 0 Å². The Kier molecular flexibility index (Phi) is 2.49. The van der Waals surface area contributed by atoms with Crippen molar-refractivity contribution >= 4 is 6.09 Å². The summed E-state index contributed by atoms with van der Waals surface area (Å²) >= 11 is 0. The monoisotopic (exact) mass is 195 g/mol. The van der Waals surface area contributed by atoms with Crippen LogP contribution in [0.4, 0.5) is 4.79 Å². The number of nitrogens with zero attached hydrogens (tertiary/aromatic N) is 1. The zero-order valence-electron chi connectivity index (χ0n) is 9.26. The van der Waals surface area contributed by atoms with Gasteiger partial charge in [-0.05, 0) is 27.7 Å². The fourth-order valence-electron chi connectivity index (χ4n) is 1.34. The molecule has 0 spiro atoms. The quantitative estimate of drug-likeness (QED) is 0.552. The molecule has 0 aromatic heterocycles. The highest BCUT2D eigenvalue weighted by molar-refractivity contribution is 5.69. The molecule has 0 unspecified atom stereocenters. The van der Waals surface area contributed by atoms with Crippen molar-refractivity contribution < 1.29 is 9.53 Å². The first-order valence-electron chi connectivity index (χ1n) is 4.71. The Bertz CT molecular complexity index is 277. The van der Waals surface area contributed by atoms with Crippen LogP contribution in [0.1, 0.15) is 27.7 Å². The predicted octanol–water partition coefficient (Wildman–Crippen LogP) is 1.88. The molecule has 78 valence electrons. The van der Waals surface area contributed by atoms with E-state index in [1.165, 1.54) is 0 Å². The zero-order valence-corrected chi connectivity index (χ0v) is 9.26. The van der Waals surface area contributed by atoms with Crippen LogP contribution in [0.3, 0.4) is 0 Å². The molecule has 0 bridgehead atoms. The molecular formula is C11H17NO2. The number of hydrogen-bond donors (Lipinski definition) is 0. The van der Waals surface area contributed by atoms with Crippen LogP contribution < -0.4 is 0 Å². The third kappa shape index (κ3) is 2.41. The van der Waals surface area contributed by atoms with E-state index in [0.29, 0.717) is 13.1 Å². The molecule has 14 heavy (non-hydrogen) atoms. The average Bonchev–Trinajstić information content (AvgIpc) is 1.95. The summed E-state index contributed by atoms with van der Waals surface area (Å²) in [6.07, 6.45) is 5.06. The van der Waals surface area contributed by atoms with E-state index >= 15 is 0 Å². The molecule has 1 heterocycles. The first-order valence-corrected chi connectivity index (χ1v) is 4.71. The number of amides is 1. The van der Waals surface area contributed by atoms with Crippen LogP contribution >= 0.6 is 0 Å². The number of carbonyl (C=O) groups is 1. The van der Waals surface area contributed by atoms with Gasteiger partial charge in [-0.3, -0.25) is 0 Å². The number of carbonyl (C=O) groups excluding carboxylic acids is 1. The summed E-state index contributed by atoms with van der Waals surface area (Å²) < 4.78 is 5.20. The maximum Gasteiger partial charge on any atom is 0.410 e. The lowest BCUT2D eigenvalue weighted by molar-refractivity contribution is -0.0113. The van der Waals surface area contributed by atoms with Crippen LogP contribution in [0.25, 0.3) is 0 Å². The van der Waals surface area contributed by atoms with Crippen molar-refractivity contribution in [3.8, 4) is 12.3 Å². The maximum atomic E-state index is 11.5. The van der Waals surface area contributed by atoms with Crippen LogP contribution in [0.5, 0.6) is 0 Å². The molecule has 1 amide bonds. The van der Waals surface area contributed by atoms with Gasteiger partial charge in [-0.2, -0.15) is 0 Å². The molecule has 1 aliphatic rings. The van der Waals surface area contributed by atoms with Gasteiger partial charge < -0.3 is 9.64 Å². The number of rotatable bonds is 0. The molecule has 1 fully saturated rings. The van der Waals surface area contributed by atoms with Gasteiger partial charge in [0.25, 0.3) is 0 Å². The van der Waals surface area contributed by atoms with Crippen molar-refractivity contribution in [1.82, 2.24) is 4.90 Å². The van der Waals surface area contributed by atoms with Gasteiger partial charge in [-0.1, -0.05) is 5.92 Å². The summed E-state index contributed by atoms with van der Waals surface area (Å²) in [6, 6.07) is 0. The Balaban J connectivity index is 2.42. The molecule has 3 nitrogen and oxygen atoms in total. The maximum absolute atomic E-state index is 11.5. The summed E-state index contributed by atoms with van der Waals surface area (Å²) in [6.45, 7) is 8.71. The second kappa shape index (κ2) is 3.20. The van der Waals surface area contributed by atoms with Gasteiger partial charge >= 0.3 is 6.09 Å². The molecule has 1 aliphatic heterocycles. The molecule has 0 N–H and O–H groups in total. The van der Waals surface area contributed by atoms with E-state index in [9.17, 15) is 4.79 Å². The Morgan fingerprint density at radius 2 is 2.00 bits per heavy atom. The van der Waals surface area contributed by atoms with E-state index in [-0.39, 0.29) is 11.5 Å². The van der Waals surface area contributed by atoms with Crippen LogP contribution in [0.2, 0.25) is 0 Å². The van der Waals surface area contributed by atoms with E-state index in [4.69, 9.17) is 11.2 Å². The van der Waals surface area contributed by atoms with E-state index in [2.05, 4.69) is 5.92 Å². The molecule has 0 radical (unpaired) electrons. The summed E-state index contributed by atoms with van der Waals surface area (Å²) in [7, 11) is 0.